The van der Waals surface area contributed by atoms with Crippen molar-refractivity contribution in [3.63, 3.8) is 0 Å². The minimum atomic E-state index is -2.91. The van der Waals surface area contributed by atoms with Crippen LogP contribution in [-0.4, -0.2) is 50.2 Å². The molecule has 0 radical (unpaired) electrons. The second-order valence-electron chi connectivity index (χ2n) is 5.38. The van der Waals surface area contributed by atoms with Crippen LogP contribution < -0.4 is 9.64 Å². The van der Waals surface area contributed by atoms with Crippen LogP contribution in [0.15, 0.2) is 18.2 Å². The van der Waals surface area contributed by atoms with E-state index in [9.17, 15) is 18.3 Å². The number of hydrogen-bond acceptors (Lipinski definition) is 5. The minimum absolute atomic E-state index is 0.125. The third-order valence-electron chi connectivity index (χ3n) is 4.08. The number of aromatic carboxylic acids is 1. The Morgan fingerprint density at radius 2 is 2.00 bits per heavy atom. The Labute approximate surface area is 123 Å². The molecular formula is C14H17NO5S. The van der Waals surface area contributed by atoms with Gasteiger partial charge in [-0.1, -0.05) is 6.07 Å². The summed E-state index contributed by atoms with van der Waals surface area (Å²) in [5.41, 5.74) is 0.908. The molecule has 1 fully saturated rings. The molecule has 21 heavy (non-hydrogen) atoms. The Morgan fingerprint density at radius 3 is 2.67 bits per heavy atom. The summed E-state index contributed by atoms with van der Waals surface area (Å²) in [4.78, 5) is 13.4. The fourth-order valence-corrected chi connectivity index (χ4v) is 4.47. The number of anilines is 1. The van der Waals surface area contributed by atoms with Crippen LogP contribution >= 0.6 is 0 Å². The highest BCUT2D eigenvalue weighted by Gasteiger charge is 2.32. The van der Waals surface area contributed by atoms with Crippen molar-refractivity contribution < 1.29 is 23.1 Å². The zero-order valence-corrected chi connectivity index (χ0v) is 12.3. The van der Waals surface area contributed by atoms with E-state index in [-0.39, 0.29) is 23.1 Å². The molecule has 1 N–H and O–H groups in total. The van der Waals surface area contributed by atoms with Gasteiger partial charge in [0.1, 0.15) is 22.0 Å². The molecule has 2 aliphatic heterocycles. The predicted octanol–water partition coefficient (Wildman–Crippen LogP) is 1.16. The van der Waals surface area contributed by atoms with E-state index >= 15 is 0 Å². The number of rotatable bonds is 2. The number of carboxylic acid groups (broad SMARTS) is 1. The summed E-state index contributed by atoms with van der Waals surface area (Å²) in [5.74, 6) is -0.226. The van der Waals surface area contributed by atoms with Gasteiger partial charge < -0.3 is 14.7 Å². The second-order valence-corrected chi connectivity index (χ2v) is 7.69. The normalized spacial score (nSPS) is 21.4. The number of carboxylic acids is 1. The molecule has 3 rings (SSSR count). The molecule has 7 heteroatoms. The van der Waals surface area contributed by atoms with Crippen molar-refractivity contribution in [3.05, 3.63) is 23.8 Å². The lowest BCUT2D eigenvalue weighted by Gasteiger charge is -2.39. The molecule has 0 aliphatic carbocycles. The summed E-state index contributed by atoms with van der Waals surface area (Å²) >= 11 is 0. The van der Waals surface area contributed by atoms with Gasteiger partial charge >= 0.3 is 5.97 Å². The molecule has 1 aromatic rings. The smallest absolute Gasteiger partial charge is 0.339 e. The predicted molar refractivity (Wildman–Crippen MR) is 77.9 cm³/mol. The largest absolute Gasteiger partial charge is 0.489 e. The van der Waals surface area contributed by atoms with E-state index in [0.717, 1.165) is 5.69 Å². The highest BCUT2D eigenvalue weighted by Crippen LogP contribution is 2.37. The van der Waals surface area contributed by atoms with E-state index in [1.54, 1.807) is 6.07 Å². The molecule has 2 heterocycles. The molecule has 0 saturated carbocycles. The molecule has 0 bridgehead atoms. The van der Waals surface area contributed by atoms with Crippen molar-refractivity contribution in [2.75, 3.05) is 29.6 Å². The van der Waals surface area contributed by atoms with Crippen LogP contribution in [0.1, 0.15) is 23.2 Å². The zero-order chi connectivity index (χ0) is 15.0. The first-order valence-corrected chi connectivity index (χ1v) is 8.76. The Morgan fingerprint density at radius 1 is 1.29 bits per heavy atom. The number of benzene rings is 1. The van der Waals surface area contributed by atoms with Crippen LogP contribution in [0.3, 0.4) is 0 Å². The summed E-state index contributed by atoms with van der Waals surface area (Å²) in [7, 11) is -2.91. The topological polar surface area (TPSA) is 83.9 Å². The number of hydrogen-bond donors (Lipinski definition) is 1. The second kappa shape index (κ2) is 5.22. The fourth-order valence-electron chi connectivity index (χ4n) is 3.01. The van der Waals surface area contributed by atoms with Crippen LogP contribution in [-0.2, 0) is 9.84 Å². The Balaban J connectivity index is 1.91. The van der Waals surface area contributed by atoms with Crippen LogP contribution in [0.5, 0.6) is 5.75 Å². The SMILES string of the molecule is O=C(O)c1cccc2c1OCCN2C1CCS(=O)(=O)CC1. The first-order chi connectivity index (χ1) is 9.98. The molecule has 0 aromatic heterocycles. The highest BCUT2D eigenvalue weighted by molar-refractivity contribution is 7.91. The molecule has 114 valence electrons. The van der Waals surface area contributed by atoms with Crippen molar-refractivity contribution >= 4 is 21.5 Å². The summed E-state index contributed by atoms with van der Waals surface area (Å²) < 4.78 is 28.6. The van der Waals surface area contributed by atoms with Gasteiger partial charge in [0.25, 0.3) is 0 Å². The summed E-state index contributed by atoms with van der Waals surface area (Å²) in [6.45, 7) is 1.07. The molecule has 0 amide bonds. The van der Waals surface area contributed by atoms with Gasteiger partial charge in [-0.05, 0) is 25.0 Å². The third-order valence-corrected chi connectivity index (χ3v) is 5.79. The van der Waals surface area contributed by atoms with Gasteiger partial charge in [0, 0.05) is 6.04 Å². The summed E-state index contributed by atoms with van der Waals surface area (Å²) in [6.07, 6.45) is 1.16. The summed E-state index contributed by atoms with van der Waals surface area (Å²) in [6, 6.07) is 5.18. The molecule has 6 nitrogen and oxygen atoms in total. The summed E-state index contributed by atoms with van der Waals surface area (Å²) in [5, 5.41) is 9.23. The Hall–Kier alpha value is -1.76. The lowest BCUT2D eigenvalue weighted by Crippen LogP contribution is -2.45. The lowest BCUT2D eigenvalue weighted by molar-refractivity contribution is 0.0692. The molecule has 0 spiro atoms. The van der Waals surface area contributed by atoms with Crippen molar-refractivity contribution in [1.29, 1.82) is 0 Å². The van der Waals surface area contributed by atoms with Crippen LogP contribution in [0.25, 0.3) is 0 Å². The van der Waals surface area contributed by atoms with E-state index in [4.69, 9.17) is 4.74 Å². The highest BCUT2D eigenvalue weighted by atomic mass is 32.2. The van der Waals surface area contributed by atoms with Gasteiger partial charge in [-0.15, -0.1) is 0 Å². The maximum atomic E-state index is 11.5. The van der Waals surface area contributed by atoms with Gasteiger partial charge in [-0.2, -0.15) is 0 Å². The standard InChI is InChI=1S/C14H17NO5S/c16-14(17)11-2-1-3-12-13(11)20-7-6-15(12)10-4-8-21(18,19)9-5-10/h1-3,10H,4-9H2,(H,16,17). The van der Waals surface area contributed by atoms with Crippen molar-refractivity contribution in [3.8, 4) is 5.75 Å². The number of sulfone groups is 1. The van der Waals surface area contributed by atoms with E-state index < -0.39 is 15.8 Å². The minimum Gasteiger partial charge on any atom is -0.489 e. The van der Waals surface area contributed by atoms with E-state index in [0.29, 0.717) is 31.7 Å². The van der Waals surface area contributed by atoms with E-state index in [2.05, 4.69) is 4.90 Å². The van der Waals surface area contributed by atoms with Gasteiger partial charge in [0.2, 0.25) is 0 Å². The van der Waals surface area contributed by atoms with Gasteiger partial charge in [0.05, 0.1) is 23.7 Å². The molecule has 1 aromatic carbocycles. The van der Waals surface area contributed by atoms with Crippen LogP contribution in [0, 0.1) is 0 Å². The number of nitrogens with zero attached hydrogens (tertiary/aromatic N) is 1. The van der Waals surface area contributed by atoms with Crippen LogP contribution in [0.4, 0.5) is 5.69 Å². The molecular weight excluding hydrogens is 294 g/mol. The van der Waals surface area contributed by atoms with Crippen molar-refractivity contribution in [2.24, 2.45) is 0 Å². The number of para-hydroxylation sites is 1. The zero-order valence-electron chi connectivity index (χ0n) is 11.5. The average Bonchev–Trinajstić information content (AvgIpc) is 2.46. The van der Waals surface area contributed by atoms with Gasteiger partial charge in [-0.3, -0.25) is 0 Å². The van der Waals surface area contributed by atoms with Crippen LogP contribution in [0.2, 0.25) is 0 Å². The number of fused-ring (bicyclic) bond motifs is 1. The average molecular weight is 311 g/mol. The van der Waals surface area contributed by atoms with Crippen molar-refractivity contribution in [2.45, 2.75) is 18.9 Å². The van der Waals surface area contributed by atoms with Crippen molar-refractivity contribution in [1.82, 2.24) is 0 Å². The number of carbonyl (C=O) groups is 1. The first kappa shape index (κ1) is 14.2. The molecule has 0 unspecified atom stereocenters. The fraction of sp³-hybridized carbons (Fsp3) is 0.500. The maximum Gasteiger partial charge on any atom is 0.339 e. The Kier molecular flexibility index (Phi) is 3.52. The first-order valence-electron chi connectivity index (χ1n) is 6.94. The maximum absolute atomic E-state index is 11.5. The quantitative estimate of drug-likeness (QED) is 0.882. The lowest BCUT2D eigenvalue weighted by atomic mass is 10.1. The third kappa shape index (κ3) is 2.70. The number of ether oxygens (including phenoxy) is 1. The Bertz CT molecular complexity index is 656. The monoisotopic (exact) mass is 311 g/mol. The molecule has 2 aliphatic rings. The molecule has 0 atom stereocenters. The van der Waals surface area contributed by atoms with E-state index in [1.807, 2.05) is 6.07 Å². The van der Waals surface area contributed by atoms with Gasteiger partial charge in [-0.25, -0.2) is 13.2 Å². The van der Waals surface area contributed by atoms with Gasteiger partial charge in [0.15, 0.2) is 5.75 Å². The molecule has 1 saturated heterocycles. The van der Waals surface area contributed by atoms with E-state index in [1.165, 1.54) is 6.07 Å².